The number of aliphatic hydroxyl groups is 1. The van der Waals surface area contributed by atoms with Gasteiger partial charge in [-0.2, -0.15) is 0 Å². The molecular formula is C12H22O. The fourth-order valence-electron chi connectivity index (χ4n) is 1.82. The Morgan fingerprint density at radius 2 is 1.92 bits per heavy atom. The maximum absolute atomic E-state index is 10.3. The molecule has 0 heterocycles. The van der Waals surface area contributed by atoms with Crippen LogP contribution in [0, 0.1) is 11.3 Å². The van der Waals surface area contributed by atoms with Crippen LogP contribution >= 0.6 is 0 Å². The zero-order valence-corrected chi connectivity index (χ0v) is 9.30. The maximum Gasteiger partial charge on any atom is 0.0853 e. The van der Waals surface area contributed by atoms with E-state index in [2.05, 4.69) is 33.8 Å². The Kier molecular flexibility index (Phi) is 2.86. The summed E-state index contributed by atoms with van der Waals surface area (Å²) < 4.78 is 0. The Balaban J connectivity index is 2.75. The molecule has 0 bridgehead atoms. The van der Waals surface area contributed by atoms with Gasteiger partial charge in [-0.15, -0.1) is 0 Å². The highest BCUT2D eigenvalue weighted by atomic mass is 16.3. The molecule has 76 valence electrons. The van der Waals surface area contributed by atoms with E-state index in [9.17, 15) is 5.11 Å². The lowest BCUT2D eigenvalue weighted by atomic mass is 9.72. The predicted octanol–water partition coefficient (Wildman–Crippen LogP) is 3.14. The summed E-state index contributed by atoms with van der Waals surface area (Å²) in [7, 11) is 0. The molecule has 1 aliphatic rings. The fraction of sp³-hybridized carbons (Fsp3) is 0.833. The average Bonchev–Trinajstić information content (AvgIpc) is 2.09. The number of rotatable bonds is 2. The van der Waals surface area contributed by atoms with E-state index >= 15 is 0 Å². The van der Waals surface area contributed by atoms with Gasteiger partial charge in [0, 0.05) is 0 Å². The third-order valence-electron chi connectivity index (χ3n) is 3.46. The molecule has 2 unspecified atom stereocenters. The second-order valence-electron chi connectivity index (χ2n) is 5.12. The van der Waals surface area contributed by atoms with Crippen LogP contribution in [-0.4, -0.2) is 10.7 Å². The fourth-order valence-corrected chi connectivity index (χ4v) is 1.82. The second kappa shape index (κ2) is 3.45. The zero-order valence-electron chi connectivity index (χ0n) is 9.30. The Bertz CT molecular complexity index is 205. The van der Waals surface area contributed by atoms with Crippen molar-refractivity contribution in [1.29, 1.82) is 0 Å². The molecule has 0 aromatic rings. The van der Waals surface area contributed by atoms with Gasteiger partial charge in [-0.3, -0.25) is 0 Å². The Hall–Kier alpha value is -0.300. The van der Waals surface area contributed by atoms with Crippen molar-refractivity contribution in [1.82, 2.24) is 0 Å². The van der Waals surface area contributed by atoms with Gasteiger partial charge in [-0.05, 0) is 24.2 Å². The lowest BCUT2D eigenvalue weighted by molar-refractivity contribution is 0.00944. The molecule has 13 heavy (non-hydrogen) atoms. The first-order chi connectivity index (χ1) is 5.90. The Morgan fingerprint density at radius 1 is 1.31 bits per heavy atom. The Labute approximate surface area is 81.9 Å². The molecule has 0 aromatic heterocycles. The van der Waals surface area contributed by atoms with E-state index in [-0.39, 0.29) is 5.41 Å². The van der Waals surface area contributed by atoms with Crippen molar-refractivity contribution in [2.75, 3.05) is 0 Å². The van der Waals surface area contributed by atoms with E-state index in [4.69, 9.17) is 0 Å². The third kappa shape index (κ3) is 2.34. The van der Waals surface area contributed by atoms with Crippen LogP contribution in [0.3, 0.4) is 0 Å². The van der Waals surface area contributed by atoms with Crippen molar-refractivity contribution in [2.24, 2.45) is 11.3 Å². The molecule has 1 aliphatic carbocycles. The number of hydrogen-bond acceptors (Lipinski definition) is 1. The summed E-state index contributed by atoms with van der Waals surface area (Å²) in [5.41, 5.74) is -0.260. The topological polar surface area (TPSA) is 20.2 Å². The highest BCUT2D eigenvalue weighted by Gasteiger charge is 2.35. The highest BCUT2D eigenvalue weighted by Crippen LogP contribution is 2.38. The van der Waals surface area contributed by atoms with E-state index in [1.54, 1.807) is 0 Å². The molecule has 0 radical (unpaired) electrons. The van der Waals surface area contributed by atoms with Crippen molar-refractivity contribution in [3.63, 3.8) is 0 Å². The molecule has 1 rings (SSSR count). The van der Waals surface area contributed by atoms with Crippen molar-refractivity contribution in [3.05, 3.63) is 12.2 Å². The summed E-state index contributed by atoms with van der Waals surface area (Å²) in [6.45, 7) is 8.71. The van der Waals surface area contributed by atoms with Crippen LogP contribution in [0.1, 0.15) is 47.0 Å². The molecule has 2 atom stereocenters. The van der Waals surface area contributed by atoms with Crippen LogP contribution in [0.15, 0.2) is 12.2 Å². The maximum atomic E-state index is 10.3. The summed E-state index contributed by atoms with van der Waals surface area (Å²) in [6, 6.07) is 0. The van der Waals surface area contributed by atoms with E-state index in [1.165, 1.54) is 0 Å². The van der Waals surface area contributed by atoms with Crippen LogP contribution in [-0.2, 0) is 0 Å². The van der Waals surface area contributed by atoms with Gasteiger partial charge >= 0.3 is 0 Å². The molecule has 1 N–H and O–H groups in total. The van der Waals surface area contributed by atoms with Gasteiger partial charge in [-0.1, -0.05) is 46.3 Å². The first-order valence-corrected chi connectivity index (χ1v) is 5.32. The quantitative estimate of drug-likeness (QED) is 0.650. The lowest BCUT2D eigenvalue weighted by Crippen LogP contribution is -2.38. The molecule has 0 aromatic carbocycles. The van der Waals surface area contributed by atoms with Gasteiger partial charge < -0.3 is 5.11 Å². The minimum Gasteiger partial charge on any atom is -0.386 e. The Morgan fingerprint density at radius 3 is 2.31 bits per heavy atom. The van der Waals surface area contributed by atoms with Gasteiger partial charge in [0.25, 0.3) is 0 Å². The summed E-state index contributed by atoms with van der Waals surface area (Å²) in [5.74, 6) is 0.375. The predicted molar refractivity (Wildman–Crippen MR) is 56.6 cm³/mol. The molecule has 0 spiro atoms. The van der Waals surface area contributed by atoms with Crippen LogP contribution in [0.2, 0.25) is 0 Å². The summed E-state index contributed by atoms with van der Waals surface area (Å²) in [5, 5.41) is 10.3. The SMILES string of the molecule is CCC(C)C1(O)C=CC(C)(C)CC1. The van der Waals surface area contributed by atoms with E-state index in [0.717, 1.165) is 19.3 Å². The zero-order chi connectivity index (χ0) is 10.1. The monoisotopic (exact) mass is 182 g/mol. The van der Waals surface area contributed by atoms with Crippen LogP contribution < -0.4 is 0 Å². The second-order valence-corrected chi connectivity index (χ2v) is 5.12. The lowest BCUT2D eigenvalue weighted by Gasteiger charge is -2.38. The smallest absolute Gasteiger partial charge is 0.0853 e. The molecule has 0 fully saturated rings. The standard InChI is InChI=1S/C12H22O/c1-5-10(2)12(13)8-6-11(3,4)7-9-12/h6,8,10,13H,5,7,9H2,1-4H3. The van der Waals surface area contributed by atoms with Gasteiger partial charge in [0.15, 0.2) is 0 Å². The largest absolute Gasteiger partial charge is 0.386 e. The van der Waals surface area contributed by atoms with E-state index < -0.39 is 5.60 Å². The van der Waals surface area contributed by atoms with Crippen molar-refractivity contribution >= 4 is 0 Å². The molecule has 1 heteroatoms. The summed E-state index contributed by atoms with van der Waals surface area (Å²) in [4.78, 5) is 0. The summed E-state index contributed by atoms with van der Waals surface area (Å²) >= 11 is 0. The van der Waals surface area contributed by atoms with Gasteiger partial charge in [0.2, 0.25) is 0 Å². The molecule has 0 aliphatic heterocycles. The molecule has 0 amide bonds. The number of allylic oxidation sites excluding steroid dienone is 1. The van der Waals surface area contributed by atoms with Crippen LogP contribution in [0.5, 0.6) is 0 Å². The van der Waals surface area contributed by atoms with Gasteiger partial charge in [0.1, 0.15) is 0 Å². The minimum absolute atomic E-state index is 0.277. The first-order valence-electron chi connectivity index (χ1n) is 5.32. The average molecular weight is 182 g/mol. The first kappa shape index (κ1) is 10.8. The van der Waals surface area contributed by atoms with E-state index in [0.29, 0.717) is 5.92 Å². The molecule has 0 saturated carbocycles. The molecule has 1 nitrogen and oxygen atoms in total. The third-order valence-corrected chi connectivity index (χ3v) is 3.46. The normalized spacial score (nSPS) is 34.5. The highest BCUT2D eigenvalue weighted by molar-refractivity contribution is 5.12. The van der Waals surface area contributed by atoms with Crippen molar-refractivity contribution in [3.8, 4) is 0 Å². The van der Waals surface area contributed by atoms with Gasteiger partial charge in [0.05, 0.1) is 5.60 Å². The van der Waals surface area contributed by atoms with Crippen molar-refractivity contribution < 1.29 is 5.11 Å². The van der Waals surface area contributed by atoms with Crippen LogP contribution in [0.4, 0.5) is 0 Å². The minimum atomic E-state index is -0.537. The molecule has 0 saturated heterocycles. The summed E-state index contributed by atoms with van der Waals surface area (Å²) in [6.07, 6.45) is 7.23. The number of hydrogen-bond donors (Lipinski definition) is 1. The van der Waals surface area contributed by atoms with E-state index in [1.807, 2.05) is 6.08 Å². The molecular weight excluding hydrogens is 160 g/mol. The van der Waals surface area contributed by atoms with Crippen LogP contribution in [0.25, 0.3) is 0 Å². The van der Waals surface area contributed by atoms with Gasteiger partial charge in [-0.25, -0.2) is 0 Å². The van der Waals surface area contributed by atoms with Crippen molar-refractivity contribution in [2.45, 2.75) is 52.6 Å².